The van der Waals surface area contributed by atoms with Gasteiger partial charge in [0.05, 0.1) is 6.54 Å². The van der Waals surface area contributed by atoms with E-state index in [1.54, 1.807) is 0 Å². The second-order valence-corrected chi connectivity index (χ2v) is 6.77. The maximum absolute atomic E-state index is 12.8. The molecule has 126 valence electrons. The number of hydrogen-bond donors (Lipinski definition) is 1. The number of hydrogen-bond acceptors (Lipinski definition) is 6. The molecule has 0 aromatic carbocycles. The lowest BCUT2D eigenvalue weighted by Gasteiger charge is -2.12. The largest absolute Gasteiger partial charge is 0.475 e. The minimum Gasteiger partial charge on any atom is -0.475 e. The number of pyridine rings is 1. The van der Waals surface area contributed by atoms with Crippen molar-refractivity contribution in [1.82, 2.24) is 15.2 Å². The van der Waals surface area contributed by atoms with E-state index in [2.05, 4.69) is 20.5 Å². The predicted molar refractivity (Wildman–Crippen MR) is 81.8 cm³/mol. The van der Waals surface area contributed by atoms with Crippen LogP contribution in [0.2, 0.25) is 0 Å². The fourth-order valence-corrected chi connectivity index (χ4v) is 2.45. The van der Waals surface area contributed by atoms with Crippen LogP contribution in [0, 0.1) is 0 Å². The molecule has 23 heavy (non-hydrogen) atoms. The summed E-state index contributed by atoms with van der Waals surface area (Å²) in [5.74, 6) is -0.422. The van der Waals surface area contributed by atoms with Crippen LogP contribution in [0.15, 0.2) is 18.3 Å². The second-order valence-electron chi connectivity index (χ2n) is 5.79. The van der Waals surface area contributed by atoms with Crippen molar-refractivity contribution < 1.29 is 17.9 Å². The van der Waals surface area contributed by atoms with Crippen LogP contribution >= 0.6 is 11.3 Å². The molecule has 0 unspecified atom stereocenters. The number of nitrogens with zero attached hydrogens (tertiary/aromatic N) is 3. The minimum atomic E-state index is -4.49. The Morgan fingerprint density at radius 1 is 1.22 bits per heavy atom. The number of alkyl halides is 3. The Hall–Kier alpha value is -1.90. The standard InChI is InChI=1S/C14H17F3N4OS/c1-13(2,3)11-20-21-12(23-11)19-7-8-22-10-9(14(15,16)17)5-4-6-18-10/h4-6H,7-8H2,1-3H3,(H,19,21). The molecule has 0 aliphatic rings. The van der Waals surface area contributed by atoms with Crippen LogP contribution in [0.3, 0.4) is 0 Å². The summed E-state index contributed by atoms with van der Waals surface area (Å²) in [5, 5.41) is 12.5. The third-order valence-corrected chi connectivity index (χ3v) is 4.07. The van der Waals surface area contributed by atoms with E-state index >= 15 is 0 Å². The Balaban J connectivity index is 1.88. The first-order chi connectivity index (χ1) is 10.7. The highest BCUT2D eigenvalue weighted by Gasteiger charge is 2.35. The monoisotopic (exact) mass is 346 g/mol. The van der Waals surface area contributed by atoms with Crippen LogP contribution < -0.4 is 10.1 Å². The molecule has 0 aliphatic heterocycles. The van der Waals surface area contributed by atoms with Gasteiger partial charge in [-0.15, -0.1) is 10.2 Å². The number of ether oxygens (including phenoxy) is 1. The van der Waals surface area contributed by atoms with Crippen molar-refractivity contribution >= 4 is 16.5 Å². The predicted octanol–water partition coefficient (Wildman–Crippen LogP) is 3.74. The number of rotatable bonds is 5. The molecule has 5 nitrogen and oxygen atoms in total. The number of aromatic nitrogens is 3. The molecule has 0 amide bonds. The fourth-order valence-electron chi connectivity index (χ4n) is 1.63. The quantitative estimate of drug-likeness (QED) is 0.836. The average Bonchev–Trinajstić information content (AvgIpc) is 2.92. The summed E-state index contributed by atoms with van der Waals surface area (Å²) < 4.78 is 43.5. The molecule has 0 atom stereocenters. The SMILES string of the molecule is CC(C)(C)c1nnc(NCCOc2ncccc2C(F)(F)F)s1. The molecule has 2 heterocycles. The summed E-state index contributed by atoms with van der Waals surface area (Å²) in [5.41, 5.74) is -0.977. The minimum absolute atomic E-state index is 0.0323. The van der Waals surface area contributed by atoms with Gasteiger partial charge < -0.3 is 10.1 Å². The lowest BCUT2D eigenvalue weighted by molar-refractivity contribution is -0.139. The van der Waals surface area contributed by atoms with Crippen LogP contribution in [-0.4, -0.2) is 28.3 Å². The third-order valence-electron chi connectivity index (χ3n) is 2.76. The van der Waals surface area contributed by atoms with Gasteiger partial charge in [-0.2, -0.15) is 13.2 Å². The van der Waals surface area contributed by atoms with Crippen LogP contribution in [0.25, 0.3) is 0 Å². The molecule has 0 saturated carbocycles. The lowest BCUT2D eigenvalue weighted by Crippen LogP contribution is -2.15. The Labute approximate surface area is 135 Å². The van der Waals surface area contributed by atoms with Gasteiger partial charge in [0.2, 0.25) is 11.0 Å². The van der Waals surface area contributed by atoms with Gasteiger partial charge in [-0.3, -0.25) is 0 Å². The van der Waals surface area contributed by atoms with Crippen LogP contribution in [0.4, 0.5) is 18.3 Å². The fraction of sp³-hybridized carbons (Fsp3) is 0.500. The number of halogens is 3. The van der Waals surface area contributed by atoms with Crippen LogP contribution in [0.5, 0.6) is 5.88 Å². The van der Waals surface area contributed by atoms with Gasteiger partial charge in [0.1, 0.15) is 17.2 Å². The van der Waals surface area contributed by atoms with Gasteiger partial charge in [-0.1, -0.05) is 32.1 Å². The van der Waals surface area contributed by atoms with Crippen molar-refractivity contribution in [2.24, 2.45) is 0 Å². The molecule has 2 aromatic heterocycles. The maximum Gasteiger partial charge on any atom is 0.421 e. The van der Waals surface area contributed by atoms with Gasteiger partial charge in [-0.25, -0.2) is 4.98 Å². The summed E-state index contributed by atoms with van der Waals surface area (Å²) in [6, 6.07) is 2.17. The van der Waals surface area contributed by atoms with Crippen LogP contribution in [-0.2, 0) is 11.6 Å². The van der Waals surface area contributed by atoms with Crippen molar-refractivity contribution in [3.05, 3.63) is 28.9 Å². The number of nitrogens with one attached hydrogen (secondary N) is 1. The summed E-state index contributed by atoms with van der Waals surface area (Å²) in [7, 11) is 0. The van der Waals surface area contributed by atoms with Crippen molar-refractivity contribution in [2.45, 2.75) is 32.4 Å². The molecular weight excluding hydrogens is 329 g/mol. The zero-order valence-corrected chi connectivity index (χ0v) is 13.8. The summed E-state index contributed by atoms with van der Waals surface area (Å²) in [6.07, 6.45) is -3.23. The van der Waals surface area contributed by atoms with Crippen molar-refractivity contribution in [3.8, 4) is 5.88 Å². The molecule has 0 saturated heterocycles. The summed E-state index contributed by atoms with van der Waals surface area (Å²) >= 11 is 1.41. The summed E-state index contributed by atoms with van der Waals surface area (Å²) in [4.78, 5) is 3.63. The Bertz CT molecular complexity index is 652. The summed E-state index contributed by atoms with van der Waals surface area (Å²) in [6.45, 7) is 6.41. The molecule has 0 spiro atoms. The highest BCUT2D eigenvalue weighted by atomic mass is 32.1. The molecule has 2 aromatic rings. The topological polar surface area (TPSA) is 59.9 Å². The molecule has 0 bridgehead atoms. The van der Waals surface area contributed by atoms with E-state index in [0.29, 0.717) is 11.7 Å². The molecule has 2 rings (SSSR count). The van der Waals surface area contributed by atoms with Gasteiger partial charge >= 0.3 is 6.18 Å². The van der Waals surface area contributed by atoms with Crippen molar-refractivity contribution in [2.75, 3.05) is 18.5 Å². The second kappa shape index (κ2) is 6.69. The van der Waals surface area contributed by atoms with E-state index in [0.717, 1.165) is 11.1 Å². The Morgan fingerprint density at radius 3 is 2.57 bits per heavy atom. The first-order valence-corrected chi connectivity index (χ1v) is 7.72. The zero-order valence-electron chi connectivity index (χ0n) is 12.9. The molecule has 0 aliphatic carbocycles. The maximum atomic E-state index is 12.8. The lowest BCUT2D eigenvalue weighted by atomic mass is 9.98. The average molecular weight is 346 g/mol. The molecular formula is C14H17F3N4OS. The normalized spacial score (nSPS) is 12.3. The first-order valence-electron chi connectivity index (χ1n) is 6.91. The third kappa shape index (κ3) is 4.78. The highest BCUT2D eigenvalue weighted by molar-refractivity contribution is 7.15. The zero-order chi connectivity index (χ0) is 17.1. The van der Waals surface area contributed by atoms with Gasteiger partial charge in [0.15, 0.2) is 0 Å². The van der Waals surface area contributed by atoms with Crippen LogP contribution in [0.1, 0.15) is 31.3 Å². The number of anilines is 1. The van der Waals surface area contributed by atoms with Gasteiger partial charge in [0.25, 0.3) is 0 Å². The van der Waals surface area contributed by atoms with E-state index < -0.39 is 17.6 Å². The Kier molecular flexibility index (Phi) is 5.08. The first kappa shape index (κ1) is 17.5. The Morgan fingerprint density at radius 2 is 1.96 bits per heavy atom. The molecule has 9 heteroatoms. The highest BCUT2D eigenvalue weighted by Crippen LogP contribution is 2.34. The van der Waals surface area contributed by atoms with Gasteiger partial charge in [0, 0.05) is 11.6 Å². The smallest absolute Gasteiger partial charge is 0.421 e. The van der Waals surface area contributed by atoms with E-state index in [-0.39, 0.29) is 12.0 Å². The van der Waals surface area contributed by atoms with E-state index in [1.807, 2.05) is 20.8 Å². The molecule has 0 fully saturated rings. The van der Waals surface area contributed by atoms with Gasteiger partial charge in [-0.05, 0) is 12.1 Å². The van der Waals surface area contributed by atoms with E-state index in [9.17, 15) is 13.2 Å². The van der Waals surface area contributed by atoms with E-state index in [1.165, 1.54) is 23.6 Å². The van der Waals surface area contributed by atoms with E-state index in [4.69, 9.17) is 4.74 Å². The van der Waals surface area contributed by atoms with Crippen molar-refractivity contribution in [3.63, 3.8) is 0 Å². The van der Waals surface area contributed by atoms with Crippen molar-refractivity contribution in [1.29, 1.82) is 0 Å². The molecule has 0 radical (unpaired) electrons. The molecule has 1 N–H and O–H groups in total.